The number of hydrogen-bond donors (Lipinski definition) is 1. The van der Waals surface area contributed by atoms with Crippen molar-refractivity contribution in [2.75, 3.05) is 19.6 Å². The van der Waals surface area contributed by atoms with Crippen molar-refractivity contribution in [1.29, 1.82) is 5.26 Å². The second-order valence-electron chi connectivity index (χ2n) is 4.21. The second-order valence-corrected chi connectivity index (χ2v) is 4.21. The van der Waals surface area contributed by atoms with Gasteiger partial charge in [-0.15, -0.1) is 0 Å². The Hall–Kier alpha value is -1.08. The van der Waals surface area contributed by atoms with E-state index in [0.29, 0.717) is 5.92 Å². The molecule has 0 bridgehead atoms. The number of nitrogens with zero attached hydrogens (tertiary/aromatic N) is 2. The van der Waals surface area contributed by atoms with E-state index in [1.54, 1.807) is 0 Å². The third-order valence-electron chi connectivity index (χ3n) is 2.64. The summed E-state index contributed by atoms with van der Waals surface area (Å²) in [6.45, 7) is 6.61. The van der Waals surface area contributed by atoms with Gasteiger partial charge in [0.2, 0.25) is 5.91 Å². The van der Waals surface area contributed by atoms with Crippen LogP contribution in [0.2, 0.25) is 0 Å². The molecule has 4 heteroatoms. The minimum atomic E-state index is -0.300. The number of carbonyl (C=O) groups excluding carboxylic acids is 1. The van der Waals surface area contributed by atoms with E-state index in [1.165, 1.54) is 0 Å². The molecule has 0 radical (unpaired) electrons. The molecule has 1 amide bonds. The average Bonchev–Trinajstić information content (AvgIpc) is 2.33. The molecule has 0 saturated carbocycles. The van der Waals surface area contributed by atoms with Gasteiger partial charge in [-0.3, -0.25) is 4.79 Å². The fourth-order valence-electron chi connectivity index (χ4n) is 1.90. The minimum absolute atomic E-state index is 0.0859. The Morgan fingerprint density at radius 3 is 3.00 bits per heavy atom. The summed E-state index contributed by atoms with van der Waals surface area (Å²) < 4.78 is 0. The molecule has 1 saturated heterocycles. The van der Waals surface area contributed by atoms with Gasteiger partial charge >= 0.3 is 0 Å². The molecule has 1 N–H and O–H groups in total. The van der Waals surface area contributed by atoms with Crippen LogP contribution in [-0.4, -0.2) is 36.5 Å². The number of nitrogens with one attached hydrogen (secondary N) is 1. The molecule has 0 aromatic heterocycles. The number of nitriles is 1. The monoisotopic (exact) mass is 209 g/mol. The second kappa shape index (κ2) is 5.72. The maximum absolute atomic E-state index is 12.0. The lowest BCUT2D eigenvalue weighted by molar-refractivity contribution is -0.132. The number of amides is 1. The largest absolute Gasteiger partial charge is 0.341 e. The summed E-state index contributed by atoms with van der Waals surface area (Å²) in [5.41, 5.74) is 0. The van der Waals surface area contributed by atoms with Crippen LogP contribution in [0.25, 0.3) is 0 Å². The Kier molecular flexibility index (Phi) is 4.57. The summed E-state index contributed by atoms with van der Waals surface area (Å²) in [5.74, 6) is 0.548. The topological polar surface area (TPSA) is 56.1 Å². The summed E-state index contributed by atoms with van der Waals surface area (Å²) in [4.78, 5) is 13.9. The third kappa shape index (κ3) is 3.21. The normalized spacial score (nSPS) is 27.3. The van der Waals surface area contributed by atoms with E-state index in [1.807, 2.05) is 4.90 Å². The number of rotatable bonds is 3. The molecule has 4 nitrogen and oxygen atoms in total. The first-order chi connectivity index (χ1) is 7.19. The van der Waals surface area contributed by atoms with E-state index in [2.05, 4.69) is 25.2 Å². The van der Waals surface area contributed by atoms with Crippen molar-refractivity contribution in [2.45, 2.75) is 32.7 Å². The van der Waals surface area contributed by atoms with Gasteiger partial charge in [-0.25, -0.2) is 0 Å². The van der Waals surface area contributed by atoms with Gasteiger partial charge < -0.3 is 10.2 Å². The first kappa shape index (κ1) is 12.0. The average molecular weight is 209 g/mol. The third-order valence-corrected chi connectivity index (χ3v) is 2.64. The zero-order valence-electron chi connectivity index (χ0n) is 9.49. The molecule has 0 aromatic rings. The molecule has 2 unspecified atom stereocenters. The highest BCUT2D eigenvalue weighted by Crippen LogP contribution is 2.09. The Bertz CT molecular complexity index is 259. The van der Waals surface area contributed by atoms with Gasteiger partial charge in [0.1, 0.15) is 0 Å². The van der Waals surface area contributed by atoms with Gasteiger partial charge in [0, 0.05) is 19.6 Å². The summed E-state index contributed by atoms with van der Waals surface area (Å²) in [5, 5.41) is 11.8. The highest BCUT2D eigenvalue weighted by molar-refractivity contribution is 5.82. The van der Waals surface area contributed by atoms with Gasteiger partial charge in [-0.1, -0.05) is 13.8 Å². The predicted octanol–water partition coefficient (Wildman–Crippen LogP) is 0.747. The van der Waals surface area contributed by atoms with E-state index < -0.39 is 0 Å². The number of hydrogen-bond acceptors (Lipinski definition) is 3. The Labute approximate surface area is 91.2 Å². The van der Waals surface area contributed by atoms with Crippen LogP contribution in [0, 0.1) is 17.2 Å². The molecule has 1 aliphatic heterocycles. The van der Waals surface area contributed by atoms with Crippen molar-refractivity contribution in [1.82, 2.24) is 10.2 Å². The Morgan fingerprint density at radius 1 is 1.67 bits per heavy atom. The molecule has 2 atom stereocenters. The maximum Gasteiger partial charge on any atom is 0.240 e. The van der Waals surface area contributed by atoms with Crippen LogP contribution in [-0.2, 0) is 4.79 Å². The zero-order valence-corrected chi connectivity index (χ0v) is 9.49. The van der Waals surface area contributed by atoms with Crippen molar-refractivity contribution in [3.63, 3.8) is 0 Å². The molecular formula is C11H19N3O. The molecule has 15 heavy (non-hydrogen) atoms. The quantitative estimate of drug-likeness (QED) is 0.746. The standard InChI is InChI=1S/C11H19N3O/c1-3-6-14-8-9(2)7-13-10(4-5-12)11(14)15/h9-10,13H,3-4,6-8H2,1-2H3. The summed E-state index contributed by atoms with van der Waals surface area (Å²) in [7, 11) is 0. The van der Waals surface area contributed by atoms with E-state index in [0.717, 1.165) is 26.1 Å². The molecule has 84 valence electrons. The lowest BCUT2D eigenvalue weighted by Gasteiger charge is -2.23. The molecule has 0 spiro atoms. The predicted molar refractivity (Wildman–Crippen MR) is 58.1 cm³/mol. The molecular weight excluding hydrogens is 190 g/mol. The van der Waals surface area contributed by atoms with Crippen LogP contribution < -0.4 is 5.32 Å². The molecule has 1 rings (SSSR count). The molecule has 0 aliphatic carbocycles. The molecule has 1 fully saturated rings. The lowest BCUT2D eigenvalue weighted by Crippen LogP contribution is -2.43. The fraction of sp³-hybridized carbons (Fsp3) is 0.818. The molecule has 1 heterocycles. The van der Waals surface area contributed by atoms with E-state index in [-0.39, 0.29) is 18.4 Å². The Morgan fingerprint density at radius 2 is 2.40 bits per heavy atom. The van der Waals surface area contributed by atoms with E-state index in [9.17, 15) is 4.79 Å². The van der Waals surface area contributed by atoms with Gasteiger partial charge in [0.05, 0.1) is 18.5 Å². The van der Waals surface area contributed by atoms with Crippen molar-refractivity contribution in [3.8, 4) is 6.07 Å². The molecule has 1 aliphatic rings. The van der Waals surface area contributed by atoms with Crippen LogP contribution in [0.4, 0.5) is 0 Å². The first-order valence-corrected chi connectivity index (χ1v) is 5.58. The van der Waals surface area contributed by atoms with E-state index in [4.69, 9.17) is 5.26 Å². The Balaban J connectivity index is 2.69. The highest BCUT2D eigenvalue weighted by Gasteiger charge is 2.28. The van der Waals surface area contributed by atoms with Gasteiger partial charge in [0.15, 0.2) is 0 Å². The maximum atomic E-state index is 12.0. The summed E-state index contributed by atoms with van der Waals surface area (Å²) in [6.07, 6.45) is 1.24. The van der Waals surface area contributed by atoms with Crippen LogP contribution >= 0.6 is 0 Å². The van der Waals surface area contributed by atoms with Gasteiger partial charge in [-0.05, 0) is 12.3 Å². The van der Waals surface area contributed by atoms with Crippen molar-refractivity contribution in [3.05, 3.63) is 0 Å². The minimum Gasteiger partial charge on any atom is -0.341 e. The van der Waals surface area contributed by atoms with Crippen LogP contribution in [0.5, 0.6) is 0 Å². The SMILES string of the molecule is CCCN1CC(C)CNC(CC#N)C1=O. The van der Waals surface area contributed by atoms with Crippen LogP contribution in [0.1, 0.15) is 26.7 Å². The summed E-state index contributed by atoms with van der Waals surface area (Å²) in [6, 6.07) is 1.76. The highest BCUT2D eigenvalue weighted by atomic mass is 16.2. The smallest absolute Gasteiger partial charge is 0.240 e. The number of carbonyl (C=O) groups is 1. The lowest BCUT2D eigenvalue weighted by atomic mass is 10.2. The van der Waals surface area contributed by atoms with Gasteiger partial charge in [0.25, 0.3) is 0 Å². The first-order valence-electron chi connectivity index (χ1n) is 5.58. The van der Waals surface area contributed by atoms with Crippen molar-refractivity contribution < 1.29 is 4.79 Å². The van der Waals surface area contributed by atoms with Crippen molar-refractivity contribution >= 4 is 5.91 Å². The summed E-state index contributed by atoms with van der Waals surface area (Å²) >= 11 is 0. The van der Waals surface area contributed by atoms with E-state index >= 15 is 0 Å². The van der Waals surface area contributed by atoms with Crippen LogP contribution in [0.15, 0.2) is 0 Å². The van der Waals surface area contributed by atoms with Crippen molar-refractivity contribution in [2.24, 2.45) is 5.92 Å². The van der Waals surface area contributed by atoms with Crippen LogP contribution in [0.3, 0.4) is 0 Å². The zero-order chi connectivity index (χ0) is 11.3. The van der Waals surface area contributed by atoms with Gasteiger partial charge in [-0.2, -0.15) is 5.26 Å². The fourth-order valence-corrected chi connectivity index (χ4v) is 1.90. The molecule has 0 aromatic carbocycles.